The zero-order valence-electron chi connectivity index (χ0n) is 20.1. The number of carbonyl (C=O) groups excluding carboxylic acids is 1. The van der Waals surface area contributed by atoms with Crippen molar-refractivity contribution in [3.63, 3.8) is 0 Å². The Bertz CT molecular complexity index is 1310. The Hall–Kier alpha value is -4.26. The molecule has 7 heteroatoms. The predicted molar refractivity (Wildman–Crippen MR) is 137 cm³/mol. The minimum atomic E-state index is -0.279. The average Bonchev–Trinajstić information content (AvgIpc) is 2.89. The maximum Gasteiger partial charge on any atom is 0.338 e. The highest BCUT2D eigenvalue weighted by molar-refractivity contribution is 5.89. The molecule has 7 nitrogen and oxygen atoms in total. The summed E-state index contributed by atoms with van der Waals surface area (Å²) in [6.07, 6.45) is 1.93. The molecule has 3 aromatic carbocycles. The van der Waals surface area contributed by atoms with Crippen LogP contribution in [0.5, 0.6) is 11.5 Å². The van der Waals surface area contributed by atoms with Crippen LogP contribution < -0.4 is 20.6 Å². The van der Waals surface area contributed by atoms with Gasteiger partial charge in [-0.2, -0.15) is 0 Å². The first-order valence-electron chi connectivity index (χ1n) is 11.3. The standard InChI is InChI=1S/C17H14O4.C11H15NO2/c1-19-13-10-6-9-12-14(18)17(20-2)15(21-16(12)13)11-7-4-3-5-8-11;1-2-3-8-14-11(13)9-4-6-10(12)7-5-9/h3-10H,1-2H3;4-7H,2-3,8,12H2,1H3. The molecule has 0 bridgehead atoms. The molecular formula is C28H29NO6. The van der Waals surface area contributed by atoms with Crippen molar-refractivity contribution < 1.29 is 23.4 Å². The summed E-state index contributed by atoms with van der Waals surface area (Å²) in [4.78, 5) is 23.9. The summed E-state index contributed by atoms with van der Waals surface area (Å²) in [6.45, 7) is 2.54. The molecule has 0 aliphatic heterocycles. The number of anilines is 1. The molecule has 0 saturated heterocycles. The van der Waals surface area contributed by atoms with Gasteiger partial charge in [-0.3, -0.25) is 4.79 Å². The van der Waals surface area contributed by atoms with E-state index in [0.29, 0.717) is 40.3 Å². The number of methoxy groups -OCH3 is 2. The van der Waals surface area contributed by atoms with Crippen molar-refractivity contribution in [2.75, 3.05) is 26.6 Å². The molecule has 0 unspecified atom stereocenters. The van der Waals surface area contributed by atoms with E-state index >= 15 is 0 Å². The quantitative estimate of drug-likeness (QED) is 0.208. The number of benzene rings is 3. The normalized spacial score (nSPS) is 10.3. The lowest BCUT2D eigenvalue weighted by Gasteiger charge is -2.10. The van der Waals surface area contributed by atoms with Gasteiger partial charge in [0.2, 0.25) is 11.2 Å². The first-order valence-corrected chi connectivity index (χ1v) is 11.3. The second-order valence-electron chi connectivity index (χ2n) is 7.61. The van der Waals surface area contributed by atoms with Crippen molar-refractivity contribution >= 4 is 22.6 Å². The van der Waals surface area contributed by atoms with Gasteiger partial charge >= 0.3 is 5.97 Å². The van der Waals surface area contributed by atoms with Gasteiger partial charge in [-0.25, -0.2) is 4.79 Å². The van der Waals surface area contributed by atoms with Crippen molar-refractivity contribution in [1.82, 2.24) is 0 Å². The van der Waals surface area contributed by atoms with Crippen LogP contribution in [0.25, 0.3) is 22.3 Å². The molecule has 0 amide bonds. The first kappa shape index (κ1) is 25.4. The molecule has 35 heavy (non-hydrogen) atoms. The Labute approximate surface area is 204 Å². The number of carbonyl (C=O) groups is 1. The SMILES string of the molecule is CCCCOC(=O)c1ccc(N)cc1.COc1c(-c2ccccc2)oc2c(OC)cccc2c1=O. The predicted octanol–water partition coefficient (Wildman–Crippen LogP) is 5.70. The van der Waals surface area contributed by atoms with E-state index in [4.69, 9.17) is 24.4 Å². The molecule has 4 rings (SSSR count). The number of para-hydroxylation sites is 1. The van der Waals surface area contributed by atoms with Crippen molar-refractivity contribution in [2.24, 2.45) is 0 Å². The molecule has 182 valence electrons. The van der Waals surface area contributed by atoms with Gasteiger partial charge in [0.05, 0.1) is 31.8 Å². The highest BCUT2D eigenvalue weighted by Gasteiger charge is 2.18. The average molecular weight is 476 g/mol. The van der Waals surface area contributed by atoms with Crippen LogP contribution in [0.2, 0.25) is 0 Å². The molecule has 4 aromatic rings. The van der Waals surface area contributed by atoms with E-state index in [9.17, 15) is 9.59 Å². The van der Waals surface area contributed by atoms with Crippen molar-refractivity contribution in [3.8, 4) is 22.8 Å². The third-order valence-electron chi connectivity index (χ3n) is 5.18. The molecule has 0 spiro atoms. The lowest BCUT2D eigenvalue weighted by Crippen LogP contribution is -2.08. The second kappa shape index (κ2) is 12.3. The number of hydrogen-bond acceptors (Lipinski definition) is 7. The van der Waals surface area contributed by atoms with Gasteiger partial charge in [-0.1, -0.05) is 49.7 Å². The molecular weight excluding hydrogens is 446 g/mol. The number of esters is 1. The number of nitrogen functional groups attached to an aromatic ring is 1. The van der Waals surface area contributed by atoms with E-state index in [1.165, 1.54) is 7.11 Å². The Kier molecular flexibility index (Phi) is 8.89. The maximum atomic E-state index is 12.6. The summed E-state index contributed by atoms with van der Waals surface area (Å²) in [6, 6.07) is 21.3. The largest absolute Gasteiger partial charge is 0.493 e. The summed E-state index contributed by atoms with van der Waals surface area (Å²) < 4.78 is 21.5. The number of hydrogen-bond donors (Lipinski definition) is 1. The van der Waals surface area contributed by atoms with Crippen molar-refractivity contribution in [3.05, 3.63) is 88.6 Å². The lowest BCUT2D eigenvalue weighted by atomic mass is 10.1. The minimum absolute atomic E-state index is 0.196. The van der Waals surface area contributed by atoms with Crippen molar-refractivity contribution in [1.29, 1.82) is 0 Å². The number of nitrogens with two attached hydrogens (primary N) is 1. The molecule has 0 fully saturated rings. The van der Waals surface area contributed by atoms with Gasteiger partial charge in [-0.05, 0) is 42.8 Å². The van der Waals surface area contributed by atoms with Crippen LogP contribution in [0.15, 0.2) is 82.0 Å². The topological polar surface area (TPSA) is 101 Å². The number of rotatable bonds is 7. The van der Waals surface area contributed by atoms with E-state index in [1.54, 1.807) is 49.6 Å². The summed E-state index contributed by atoms with van der Waals surface area (Å²) in [5.74, 6) is 0.838. The summed E-state index contributed by atoms with van der Waals surface area (Å²) in [5, 5.41) is 0.436. The zero-order valence-corrected chi connectivity index (χ0v) is 20.1. The molecule has 0 aliphatic carbocycles. The van der Waals surface area contributed by atoms with Crippen molar-refractivity contribution in [2.45, 2.75) is 19.8 Å². The number of unbranched alkanes of at least 4 members (excludes halogenated alkanes) is 1. The van der Waals surface area contributed by atoms with Crippen LogP contribution in [0.1, 0.15) is 30.1 Å². The summed E-state index contributed by atoms with van der Waals surface area (Å²) in [5.41, 5.74) is 7.68. The van der Waals surface area contributed by atoms with Gasteiger partial charge in [0.15, 0.2) is 17.1 Å². The van der Waals surface area contributed by atoms with Crippen LogP contribution in [0.3, 0.4) is 0 Å². The molecule has 1 heterocycles. The molecule has 1 aromatic heterocycles. The third-order valence-corrected chi connectivity index (χ3v) is 5.18. The molecule has 2 N–H and O–H groups in total. The van der Waals surface area contributed by atoms with Gasteiger partial charge in [-0.15, -0.1) is 0 Å². The monoisotopic (exact) mass is 475 g/mol. The highest BCUT2D eigenvalue weighted by atomic mass is 16.5. The minimum Gasteiger partial charge on any atom is -0.493 e. The Balaban J connectivity index is 0.000000214. The fraction of sp³-hybridized carbons (Fsp3) is 0.214. The molecule has 0 atom stereocenters. The maximum absolute atomic E-state index is 12.6. The Morgan fingerprint density at radius 3 is 2.26 bits per heavy atom. The van der Waals surface area contributed by atoms with E-state index in [0.717, 1.165) is 18.4 Å². The van der Waals surface area contributed by atoms with Crippen LogP contribution in [-0.2, 0) is 4.74 Å². The highest BCUT2D eigenvalue weighted by Crippen LogP contribution is 2.33. The van der Waals surface area contributed by atoms with Crippen LogP contribution in [0, 0.1) is 0 Å². The van der Waals surface area contributed by atoms with E-state index in [-0.39, 0.29) is 17.1 Å². The summed E-state index contributed by atoms with van der Waals surface area (Å²) >= 11 is 0. The fourth-order valence-corrected chi connectivity index (χ4v) is 3.31. The van der Waals surface area contributed by atoms with E-state index in [2.05, 4.69) is 6.92 Å². The third kappa shape index (κ3) is 6.20. The van der Waals surface area contributed by atoms with E-state index in [1.807, 2.05) is 30.3 Å². The van der Waals surface area contributed by atoms with Crippen LogP contribution >= 0.6 is 0 Å². The van der Waals surface area contributed by atoms with E-state index < -0.39 is 0 Å². The number of ether oxygens (including phenoxy) is 3. The number of fused-ring (bicyclic) bond motifs is 1. The molecule has 0 aliphatic rings. The lowest BCUT2D eigenvalue weighted by molar-refractivity contribution is 0.0500. The smallest absolute Gasteiger partial charge is 0.338 e. The van der Waals surface area contributed by atoms with Crippen LogP contribution in [-0.4, -0.2) is 26.8 Å². The van der Waals surface area contributed by atoms with Gasteiger partial charge in [0.1, 0.15) is 0 Å². The van der Waals surface area contributed by atoms with Gasteiger partial charge < -0.3 is 24.4 Å². The Morgan fingerprint density at radius 1 is 0.914 bits per heavy atom. The first-order chi connectivity index (χ1) is 17.0. The second-order valence-corrected chi connectivity index (χ2v) is 7.61. The molecule has 0 radical (unpaired) electrons. The van der Waals surface area contributed by atoms with Gasteiger partial charge in [0, 0.05) is 11.3 Å². The molecule has 0 saturated carbocycles. The fourth-order valence-electron chi connectivity index (χ4n) is 3.31. The van der Waals surface area contributed by atoms with Gasteiger partial charge in [0.25, 0.3) is 0 Å². The van der Waals surface area contributed by atoms with Crippen LogP contribution in [0.4, 0.5) is 5.69 Å². The zero-order chi connectivity index (χ0) is 25.2. The Morgan fingerprint density at radius 2 is 1.63 bits per heavy atom. The summed E-state index contributed by atoms with van der Waals surface area (Å²) in [7, 11) is 3.01.